The van der Waals surface area contributed by atoms with Gasteiger partial charge in [0.2, 0.25) is 0 Å². The molecule has 28 heavy (non-hydrogen) atoms. The van der Waals surface area contributed by atoms with Gasteiger partial charge in [0.25, 0.3) is 0 Å². The zero-order valence-electron chi connectivity index (χ0n) is 16.4. The molecule has 2 saturated heterocycles. The molecule has 2 aromatic rings. The molecule has 0 aliphatic carbocycles. The molecule has 2 aliphatic rings. The van der Waals surface area contributed by atoms with Crippen molar-refractivity contribution in [2.45, 2.75) is 32.4 Å². The van der Waals surface area contributed by atoms with E-state index in [2.05, 4.69) is 20.9 Å². The molecule has 2 fully saturated rings. The Kier molecular flexibility index (Phi) is 6.04. The third-order valence-electron chi connectivity index (χ3n) is 6.77. The molecule has 1 atom stereocenters. The highest BCUT2D eigenvalue weighted by Gasteiger charge is 2.44. The molecule has 5 heteroatoms. The molecule has 0 bridgehead atoms. The summed E-state index contributed by atoms with van der Waals surface area (Å²) >= 11 is 0. The number of halogens is 1. The summed E-state index contributed by atoms with van der Waals surface area (Å²) in [7, 11) is 0. The van der Waals surface area contributed by atoms with Gasteiger partial charge in [0.1, 0.15) is 5.82 Å². The quantitative estimate of drug-likeness (QED) is 0.860. The van der Waals surface area contributed by atoms with Crippen LogP contribution in [-0.2, 0) is 13.1 Å². The maximum atomic E-state index is 13.4. The van der Waals surface area contributed by atoms with Gasteiger partial charge in [0, 0.05) is 44.6 Å². The first-order valence-electron chi connectivity index (χ1n) is 10.4. The molecule has 0 amide bonds. The van der Waals surface area contributed by atoms with Crippen LogP contribution in [0.4, 0.5) is 4.39 Å². The van der Waals surface area contributed by atoms with Crippen LogP contribution in [0.2, 0.25) is 0 Å². The summed E-state index contributed by atoms with van der Waals surface area (Å²) in [5, 5.41) is 10.1. The van der Waals surface area contributed by atoms with E-state index >= 15 is 0 Å². The maximum Gasteiger partial charge on any atom is 0.123 e. The van der Waals surface area contributed by atoms with Gasteiger partial charge in [-0.05, 0) is 73.6 Å². The van der Waals surface area contributed by atoms with Crippen molar-refractivity contribution < 1.29 is 9.50 Å². The predicted octanol–water partition coefficient (Wildman–Crippen LogP) is 3.32. The Morgan fingerprint density at radius 3 is 2.39 bits per heavy atom. The number of piperidine rings is 2. The lowest BCUT2D eigenvalue weighted by Crippen LogP contribution is -2.53. The number of aliphatic hydroxyl groups excluding tert-OH is 1. The van der Waals surface area contributed by atoms with Crippen molar-refractivity contribution in [2.75, 3.05) is 32.8 Å². The zero-order chi connectivity index (χ0) is 19.4. The highest BCUT2D eigenvalue weighted by atomic mass is 19.1. The van der Waals surface area contributed by atoms with E-state index < -0.39 is 0 Å². The van der Waals surface area contributed by atoms with E-state index in [1.165, 1.54) is 11.6 Å². The van der Waals surface area contributed by atoms with Crippen LogP contribution < -0.4 is 0 Å². The van der Waals surface area contributed by atoms with Gasteiger partial charge in [-0.15, -0.1) is 0 Å². The fraction of sp³-hybridized carbons (Fsp3) is 0.522. The van der Waals surface area contributed by atoms with Crippen LogP contribution in [0.5, 0.6) is 0 Å². The van der Waals surface area contributed by atoms with Gasteiger partial charge in [-0.2, -0.15) is 0 Å². The number of aromatic nitrogens is 1. The van der Waals surface area contributed by atoms with E-state index in [1.54, 1.807) is 12.1 Å². The number of likely N-dealkylation sites (tertiary alicyclic amines) is 2. The van der Waals surface area contributed by atoms with E-state index in [-0.39, 0.29) is 17.8 Å². The van der Waals surface area contributed by atoms with Gasteiger partial charge in [0.15, 0.2) is 0 Å². The van der Waals surface area contributed by atoms with Crippen molar-refractivity contribution >= 4 is 0 Å². The van der Waals surface area contributed by atoms with E-state index in [0.717, 1.165) is 64.1 Å². The summed E-state index contributed by atoms with van der Waals surface area (Å²) in [6, 6.07) is 11.0. The first kappa shape index (κ1) is 19.5. The van der Waals surface area contributed by atoms with Crippen LogP contribution in [-0.4, -0.2) is 52.7 Å². The lowest BCUT2D eigenvalue weighted by atomic mass is 9.64. The molecule has 2 aliphatic heterocycles. The first-order valence-corrected chi connectivity index (χ1v) is 10.4. The molecule has 0 unspecified atom stereocenters. The topological polar surface area (TPSA) is 39.6 Å². The van der Waals surface area contributed by atoms with Crippen LogP contribution >= 0.6 is 0 Å². The smallest absolute Gasteiger partial charge is 0.123 e. The van der Waals surface area contributed by atoms with Gasteiger partial charge in [-0.1, -0.05) is 18.2 Å². The van der Waals surface area contributed by atoms with Crippen molar-refractivity contribution in [3.8, 4) is 0 Å². The first-order chi connectivity index (χ1) is 13.7. The average molecular weight is 384 g/mol. The molecule has 1 spiro atoms. The predicted molar refractivity (Wildman–Crippen MR) is 108 cm³/mol. The zero-order valence-corrected chi connectivity index (χ0v) is 16.4. The SMILES string of the molecule is OC[C@H]1CN(Cc2cccnc2)CCC12CCN(Cc1cccc(F)c1)CC2. The van der Waals surface area contributed by atoms with Crippen molar-refractivity contribution in [2.24, 2.45) is 11.3 Å². The fourth-order valence-corrected chi connectivity index (χ4v) is 5.03. The van der Waals surface area contributed by atoms with Crippen LogP contribution in [0.25, 0.3) is 0 Å². The summed E-state index contributed by atoms with van der Waals surface area (Å²) in [5.41, 5.74) is 2.53. The normalized spacial score (nSPS) is 23.1. The minimum atomic E-state index is -0.160. The largest absolute Gasteiger partial charge is 0.396 e. The third kappa shape index (κ3) is 4.43. The Morgan fingerprint density at radius 2 is 1.71 bits per heavy atom. The van der Waals surface area contributed by atoms with E-state index in [9.17, 15) is 9.50 Å². The summed E-state index contributed by atoms with van der Waals surface area (Å²) in [6.45, 7) is 6.06. The number of aliphatic hydroxyl groups is 1. The third-order valence-corrected chi connectivity index (χ3v) is 6.77. The van der Waals surface area contributed by atoms with Gasteiger partial charge in [-0.3, -0.25) is 14.8 Å². The summed E-state index contributed by atoms with van der Waals surface area (Å²) in [6.07, 6.45) is 7.13. The Balaban J connectivity index is 1.34. The fourth-order valence-electron chi connectivity index (χ4n) is 5.03. The molecular formula is C23H30FN3O. The Morgan fingerprint density at radius 1 is 1.00 bits per heavy atom. The second-order valence-electron chi connectivity index (χ2n) is 8.49. The average Bonchev–Trinajstić information content (AvgIpc) is 2.72. The molecule has 150 valence electrons. The van der Waals surface area contributed by atoms with Gasteiger partial charge >= 0.3 is 0 Å². The molecular weight excluding hydrogens is 353 g/mol. The molecule has 1 aromatic heterocycles. The van der Waals surface area contributed by atoms with E-state index in [4.69, 9.17) is 0 Å². The molecule has 4 nitrogen and oxygen atoms in total. The molecule has 1 aromatic carbocycles. The van der Waals surface area contributed by atoms with Crippen LogP contribution in [0, 0.1) is 17.2 Å². The molecule has 3 heterocycles. The molecule has 1 N–H and O–H groups in total. The van der Waals surface area contributed by atoms with Crippen LogP contribution in [0.1, 0.15) is 30.4 Å². The number of pyridine rings is 1. The number of benzene rings is 1. The summed E-state index contributed by atoms with van der Waals surface area (Å²) in [4.78, 5) is 9.10. The highest BCUT2D eigenvalue weighted by Crippen LogP contribution is 2.45. The second kappa shape index (κ2) is 8.68. The van der Waals surface area contributed by atoms with Crippen molar-refractivity contribution in [1.82, 2.24) is 14.8 Å². The summed E-state index contributed by atoms with van der Waals surface area (Å²) < 4.78 is 13.4. The van der Waals surface area contributed by atoms with Gasteiger partial charge in [-0.25, -0.2) is 4.39 Å². The number of nitrogens with zero attached hydrogens (tertiary/aromatic N) is 3. The van der Waals surface area contributed by atoms with Gasteiger partial charge in [0.05, 0.1) is 0 Å². The molecule has 0 saturated carbocycles. The van der Waals surface area contributed by atoms with E-state index in [0.29, 0.717) is 5.92 Å². The van der Waals surface area contributed by atoms with Crippen LogP contribution in [0.3, 0.4) is 0 Å². The monoisotopic (exact) mass is 383 g/mol. The van der Waals surface area contributed by atoms with Crippen molar-refractivity contribution in [3.63, 3.8) is 0 Å². The number of hydrogen-bond acceptors (Lipinski definition) is 4. The Bertz CT molecular complexity index is 761. The minimum absolute atomic E-state index is 0.160. The molecule has 4 rings (SSSR count). The van der Waals surface area contributed by atoms with Crippen molar-refractivity contribution in [1.29, 1.82) is 0 Å². The number of rotatable bonds is 5. The van der Waals surface area contributed by atoms with Gasteiger partial charge < -0.3 is 5.11 Å². The number of hydrogen-bond donors (Lipinski definition) is 1. The standard InChI is InChI=1S/C23H30FN3O/c24-22-5-1-3-19(13-22)15-26-10-6-23(7-11-26)8-12-27(17-21(23)18-28)16-20-4-2-9-25-14-20/h1-5,9,13-14,21,28H,6-8,10-12,15-18H2/t21-/m1/s1. The molecule has 0 radical (unpaired) electrons. The highest BCUT2D eigenvalue weighted by molar-refractivity contribution is 5.16. The Hall–Kier alpha value is -1.82. The lowest BCUT2D eigenvalue weighted by Gasteiger charge is -2.51. The lowest BCUT2D eigenvalue weighted by molar-refractivity contribution is -0.0450. The minimum Gasteiger partial charge on any atom is -0.396 e. The van der Waals surface area contributed by atoms with E-state index in [1.807, 2.05) is 24.5 Å². The summed E-state index contributed by atoms with van der Waals surface area (Å²) in [5.74, 6) is 0.168. The van der Waals surface area contributed by atoms with Crippen LogP contribution in [0.15, 0.2) is 48.8 Å². The Labute approximate surface area is 167 Å². The maximum absolute atomic E-state index is 13.4. The van der Waals surface area contributed by atoms with Crippen molar-refractivity contribution in [3.05, 3.63) is 65.7 Å². The second-order valence-corrected chi connectivity index (χ2v) is 8.49.